The van der Waals surface area contributed by atoms with Crippen LogP contribution in [0.1, 0.15) is 16.7 Å². The van der Waals surface area contributed by atoms with E-state index in [4.69, 9.17) is 10.8 Å². The first-order valence-electron chi connectivity index (χ1n) is 6.49. The Labute approximate surface area is 118 Å². The van der Waals surface area contributed by atoms with Gasteiger partial charge in [-0.25, -0.2) is 0 Å². The first-order chi connectivity index (χ1) is 9.72. The topological polar surface area (TPSA) is 75.4 Å². The zero-order valence-corrected chi connectivity index (χ0v) is 11.2. The molecule has 4 heteroatoms. The van der Waals surface area contributed by atoms with Crippen LogP contribution in [0.5, 0.6) is 0 Å². The highest BCUT2D eigenvalue weighted by molar-refractivity contribution is 5.92. The maximum absolute atomic E-state index is 12.0. The van der Waals surface area contributed by atoms with Crippen molar-refractivity contribution in [3.05, 3.63) is 65.2 Å². The molecule has 1 amide bonds. The Morgan fingerprint density at radius 1 is 1.10 bits per heavy atom. The van der Waals surface area contributed by atoms with Crippen LogP contribution in [0.15, 0.2) is 48.5 Å². The Hall–Kier alpha value is -2.17. The molecule has 20 heavy (non-hydrogen) atoms. The second-order valence-electron chi connectivity index (χ2n) is 4.56. The lowest BCUT2D eigenvalue weighted by Gasteiger charge is -2.09. The molecule has 0 atom stereocenters. The molecule has 0 heterocycles. The first kappa shape index (κ1) is 14.2. The van der Waals surface area contributed by atoms with E-state index in [1.807, 2.05) is 24.3 Å². The lowest BCUT2D eigenvalue weighted by Crippen LogP contribution is -2.16. The number of hydrogen-bond acceptors (Lipinski definition) is 3. The molecule has 0 fully saturated rings. The van der Waals surface area contributed by atoms with E-state index in [1.165, 1.54) is 0 Å². The van der Waals surface area contributed by atoms with E-state index in [0.717, 1.165) is 16.7 Å². The number of anilines is 1. The van der Waals surface area contributed by atoms with Crippen molar-refractivity contribution in [3.63, 3.8) is 0 Å². The van der Waals surface area contributed by atoms with Gasteiger partial charge in [0, 0.05) is 12.2 Å². The average Bonchev–Trinajstić information content (AvgIpc) is 2.48. The summed E-state index contributed by atoms with van der Waals surface area (Å²) >= 11 is 0. The summed E-state index contributed by atoms with van der Waals surface area (Å²) in [6.07, 6.45) is 0.288. The molecule has 2 aromatic carbocycles. The molecule has 0 aromatic heterocycles. The van der Waals surface area contributed by atoms with Crippen molar-refractivity contribution in [2.24, 2.45) is 5.73 Å². The van der Waals surface area contributed by atoms with E-state index in [0.29, 0.717) is 12.2 Å². The van der Waals surface area contributed by atoms with Crippen molar-refractivity contribution in [2.75, 3.05) is 5.32 Å². The molecule has 0 aliphatic rings. The fraction of sp³-hybridized carbons (Fsp3) is 0.188. The molecule has 0 aliphatic heterocycles. The van der Waals surface area contributed by atoms with Gasteiger partial charge < -0.3 is 16.2 Å². The Balaban J connectivity index is 2.05. The monoisotopic (exact) mass is 270 g/mol. The third-order valence-corrected chi connectivity index (χ3v) is 3.08. The highest BCUT2D eigenvalue weighted by atomic mass is 16.3. The SMILES string of the molecule is NCc1ccccc1CC(=O)Nc1cccc(CO)c1. The van der Waals surface area contributed by atoms with Crippen LogP contribution in [0.3, 0.4) is 0 Å². The first-order valence-corrected chi connectivity index (χ1v) is 6.49. The lowest BCUT2D eigenvalue weighted by molar-refractivity contribution is -0.115. The molecular formula is C16H18N2O2. The zero-order chi connectivity index (χ0) is 14.4. The Morgan fingerprint density at radius 2 is 1.85 bits per heavy atom. The van der Waals surface area contributed by atoms with E-state index < -0.39 is 0 Å². The number of nitrogens with one attached hydrogen (secondary N) is 1. The molecule has 0 saturated heterocycles. The van der Waals surface area contributed by atoms with Gasteiger partial charge in [0.15, 0.2) is 0 Å². The Kier molecular flexibility index (Phi) is 4.87. The van der Waals surface area contributed by atoms with Crippen LogP contribution in [0.2, 0.25) is 0 Å². The number of amides is 1. The number of carbonyl (C=O) groups is 1. The smallest absolute Gasteiger partial charge is 0.228 e. The van der Waals surface area contributed by atoms with Gasteiger partial charge in [0.05, 0.1) is 13.0 Å². The summed E-state index contributed by atoms with van der Waals surface area (Å²) in [6, 6.07) is 14.8. The fourth-order valence-electron chi connectivity index (χ4n) is 2.05. The van der Waals surface area contributed by atoms with Crippen LogP contribution in [0, 0.1) is 0 Å². The predicted molar refractivity (Wildman–Crippen MR) is 79.0 cm³/mol. The molecule has 0 bridgehead atoms. The highest BCUT2D eigenvalue weighted by Gasteiger charge is 2.07. The molecule has 0 unspecified atom stereocenters. The second kappa shape index (κ2) is 6.84. The average molecular weight is 270 g/mol. The maximum Gasteiger partial charge on any atom is 0.228 e. The van der Waals surface area contributed by atoms with Gasteiger partial charge in [0.25, 0.3) is 0 Å². The third kappa shape index (κ3) is 3.66. The summed E-state index contributed by atoms with van der Waals surface area (Å²) in [6.45, 7) is 0.378. The van der Waals surface area contributed by atoms with Gasteiger partial charge in [-0.15, -0.1) is 0 Å². The molecule has 4 nitrogen and oxygen atoms in total. The number of rotatable bonds is 5. The number of benzene rings is 2. The van der Waals surface area contributed by atoms with E-state index >= 15 is 0 Å². The van der Waals surface area contributed by atoms with Crippen LogP contribution in [-0.2, 0) is 24.4 Å². The van der Waals surface area contributed by atoms with Gasteiger partial charge in [0.2, 0.25) is 5.91 Å². The van der Waals surface area contributed by atoms with Crippen LogP contribution < -0.4 is 11.1 Å². The van der Waals surface area contributed by atoms with Gasteiger partial charge in [-0.3, -0.25) is 4.79 Å². The molecule has 0 radical (unpaired) electrons. The van der Waals surface area contributed by atoms with Gasteiger partial charge >= 0.3 is 0 Å². The van der Waals surface area contributed by atoms with Gasteiger partial charge in [-0.2, -0.15) is 0 Å². The molecule has 0 aliphatic carbocycles. The minimum Gasteiger partial charge on any atom is -0.392 e. The summed E-state index contributed by atoms with van der Waals surface area (Å²) in [5.74, 6) is -0.0963. The molecule has 0 spiro atoms. The summed E-state index contributed by atoms with van der Waals surface area (Å²) < 4.78 is 0. The molecule has 4 N–H and O–H groups in total. The van der Waals surface area contributed by atoms with Crippen molar-refractivity contribution in [1.82, 2.24) is 0 Å². The lowest BCUT2D eigenvalue weighted by atomic mass is 10.0. The molecule has 2 rings (SSSR count). The molecule has 0 saturated carbocycles. The van der Waals surface area contributed by atoms with Gasteiger partial charge in [-0.1, -0.05) is 36.4 Å². The van der Waals surface area contributed by atoms with Gasteiger partial charge in [-0.05, 0) is 28.8 Å². The van der Waals surface area contributed by atoms with Crippen molar-refractivity contribution < 1.29 is 9.90 Å². The number of carbonyl (C=O) groups excluding carboxylic acids is 1. The molecular weight excluding hydrogens is 252 g/mol. The number of aliphatic hydroxyl groups is 1. The Bertz CT molecular complexity index is 597. The van der Waals surface area contributed by atoms with Crippen molar-refractivity contribution in [1.29, 1.82) is 0 Å². The summed E-state index contributed by atoms with van der Waals surface area (Å²) in [7, 11) is 0. The van der Waals surface area contributed by atoms with E-state index in [-0.39, 0.29) is 18.9 Å². The quantitative estimate of drug-likeness (QED) is 0.775. The molecule has 2 aromatic rings. The summed E-state index contributed by atoms with van der Waals surface area (Å²) in [5, 5.41) is 11.9. The van der Waals surface area contributed by atoms with Crippen LogP contribution in [-0.4, -0.2) is 11.0 Å². The minimum atomic E-state index is -0.0963. The van der Waals surface area contributed by atoms with Gasteiger partial charge in [0.1, 0.15) is 0 Å². The van der Waals surface area contributed by atoms with Crippen LogP contribution in [0.4, 0.5) is 5.69 Å². The van der Waals surface area contributed by atoms with Crippen molar-refractivity contribution in [2.45, 2.75) is 19.6 Å². The van der Waals surface area contributed by atoms with E-state index in [9.17, 15) is 4.79 Å². The fourth-order valence-corrected chi connectivity index (χ4v) is 2.05. The number of hydrogen-bond donors (Lipinski definition) is 3. The standard InChI is InChI=1S/C16H18N2O2/c17-10-14-6-2-1-5-13(14)9-16(20)18-15-7-3-4-12(8-15)11-19/h1-8,19H,9-11,17H2,(H,18,20). The van der Waals surface area contributed by atoms with Crippen molar-refractivity contribution in [3.8, 4) is 0 Å². The number of aliphatic hydroxyl groups excluding tert-OH is 1. The second-order valence-corrected chi connectivity index (χ2v) is 4.56. The zero-order valence-electron chi connectivity index (χ0n) is 11.2. The summed E-state index contributed by atoms with van der Waals surface area (Å²) in [4.78, 5) is 12.0. The number of nitrogens with two attached hydrogens (primary N) is 1. The molecule has 104 valence electrons. The Morgan fingerprint density at radius 3 is 2.55 bits per heavy atom. The van der Waals surface area contributed by atoms with Crippen LogP contribution >= 0.6 is 0 Å². The van der Waals surface area contributed by atoms with E-state index in [2.05, 4.69) is 5.32 Å². The highest BCUT2D eigenvalue weighted by Crippen LogP contribution is 2.13. The predicted octanol–water partition coefficient (Wildman–Crippen LogP) is 1.82. The minimum absolute atomic E-state index is 0.0419. The third-order valence-electron chi connectivity index (χ3n) is 3.08. The largest absolute Gasteiger partial charge is 0.392 e. The normalized spacial score (nSPS) is 10.3. The maximum atomic E-state index is 12.0. The van der Waals surface area contributed by atoms with Crippen LogP contribution in [0.25, 0.3) is 0 Å². The van der Waals surface area contributed by atoms with Crippen molar-refractivity contribution >= 4 is 11.6 Å². The van der Waals surface area contributed by atoms with E-state index in [1.54, 1.807) is 24.3 Å². The summed E-state index contributed by atoms with van der Waals surface area (Å²) in [5.41, 5.74) is 9.03.